The number of thioether (sulfide) groups is 1. The van der Waals surface area contributed by atoms with Gasteiger partial charge in [0.05, 0.1) is 24.9 Å². The van der Waals surface area contributed by atoms with Gasteiger partial charge in [-0.3, -0.25) is 14.2 Å². The minimum Gasteiger partial charge on any atom is -0.493 e. The smallest absolute Gasteiger partial charge is 0.263 e. The number of aryl methyl sites for hydroxylation is 3. The summed E-state index contributed by atoms with van der Waals surface area (Å²) in [4.78, 5) is 32.6. The van der Waals surface area contributed by atoms with Gasteiger partial charge in [0.15, 0.2) is 16.7 Å². The highest BCUT2D eigenvalue weighted by molar-refractivity contribution is 8.00. The average molecular weight is 474 g/mol. The van der Waals surface area contributed by atoms with Gasteiger partial charge in [-0.2, -0.15) is 0 Å². The van der Waals surface area contributed by atoms with Gasteiger partial charge >= 0.3 is 0 Å². The molecule has 0 fully saturated rings. The first-order valence-corrected chi connectivity index (χ1v) is 12.3. The molecule has 3 aromatic rings. The van der Waals surface area contributed by atoms with Crippen molar-refractivity contribution in [1.82, 2.24) is 14.9 Å². The zero-order valence-corrected chi connectivity index (χ0v) is 20.3. The Morgan fingerprint density at radius 3 is 2.78 bits per heavy atom. The molecule has 1 atom stereocenters. The number of nitrogens with zero attached hydrogens (tertiary/aromatic N) is 2. The summed E-state index contributed by atoms with van der Waals surface area (Å²) in [5.74, 6) is 1.23. The molecule has 0 aliphatic heterocycles. The predicted octanol–water partition coefficient (Wildman–Crippen LogP) is 3.43. The van der Waals surface area contributed by atoms with E-state index in [2.05, 4.69) is 5.32 Å². The Kier molecular flexibility index (Phi) is 6.76. The van der Waals surface area contributed by atoms with Gasteiger partial charge < -0.3 is 14.8 Å². The molecule has 170 valence electrons. The number of fused-ring (bicyclic) bond motifs is 3. The zero-order valence-electron chi connectivity index (χ0n) is 18.7. The molecule has 1 unspecified atom stereocenters. The van der Waals surface area contributed by atoms with Crippen LogP contribution in [-0.4, -0.2) is 42.0 Å². The molecule has 7 nitrogen and oxygen atoms in total. The number of aromatic nitrogens is 2. The van der Waals surface area contributed by atoms with Crippen LogP contribution in [0.15, 0.2) is 28.2 Å². The molecular weight excluding hydrogens is 446 g/mol. The van der Waals surface area contributed by atoms with Crippen molar-refractivity contribution < 1.29 is 14.3 Å². The number of carbonyl (C=O) groups is 1. The van der Waals surface area contributed by atoms with Crippen LogP contribution < -0.4 is 20.3 Å². The van der Waals surface area contributed by atoms with Gasteiger partial charge in [0, 0.05) is 18.5 Å². The largest absolute Gasteiger partial charge is 0.493 e. The molecule has 1 aromatic carbocycles. The molecule has 2 aromatic heterocycles. The molecule has 1 amide bonds. The third kappa shape index (κ3) is 4.23. The van der Waals surface area contributed by atoms with Gasteiger partial charge in [-0.1, -0.05) is 17.8 Å². The topological polar surface area (TPSA) is 82.5 Å². The molecular formula is C23H27N3O4S2. The normalized spacial score (nSPS) is 13.8. The van der Waals surface area contributed by atoms with E-state index in [1.165, 1.54) is 22.2 Å². The van der Waals surface area contributed by atoms with Crippen molar-refractivity contribution in [3.05, 3.63) is 44.6 Å². The molecule has 0 spiro atoms. The quantitative estimate of drug-likeness (QED) is 0.399. The van der Waals surface area contributed by atoms with Crippen LogP contribution in [0, 0.1) is 0 Å². The number of ether oxygens (including phenoxy) is 2. The Balaban J connectivity index is 1.72. The average Bonchev–Trinajstić information content (AvgIpc) is 3.38. The van der Waals surface area contributed by atoms with E-state index in [1.54, 1.807) is 37.2 Å². The molecule has 4 rings (SSSR count). The highest BCUT2D eigenvalue weighted by atomic mass is 32.2. The lowest BCUT2D eigenvalue weighted by Crippen LogP contribution is -2.29. The van der Waals surface area contributed by atoms with Gasteiger partial charge in [0.25, 0.3) is 5.56 Å². The van der Waals surface area contributed by atoms with Crippen molar-refractivity contribution in [2.75, 3.05) is 21.3 Å². The summed E-state index contributed by atoms with van der Waals surface area (Å²) < 4.78 is 12.5. The van der Waals surface area contributed by atoms with E-state index >= 15 is 0 Å². The van der Waals surface area contributed by atoms with Crippen LogP contribution in [0.3, 0.4) is 0 Å². The van der Waals surface area contributed by atoms with Crippen molar-refractivity contribution in [3.8, 4) is 11.5 Å². The minimum atomic E-state index is -0.358. The lowest BCUT2D eigenvalue weighted by molar-refractivity contribution is -0.119. The van der Waals surface area contributed by atoms with Gasteiger partial charge in [0.2, 0.25) is 5.91 Å². The second-order valence-corrected chi connectivity index (χ2v) is 10.1. The third-order valence-electron chi connectivity index (χ3n) is 5.76. The Hall–Kier alpha value is -2.52. The van der Waals surface area contributed by atoms with Crippen molar-refractivity contribution in [3.63, 3.8) is 0 Å². The number of hydrogen-bond acceptors (Lipinski definition) is 7. The standard InChI is InChI=1S/C23H27N3O4S2/c1-13(20(27)24-2)31-23-25-21-19(15-6-5-7-18(15)32-21)22(28)26(23)11-10-14-8-9-16(29-3)17(12-14)30-4/h8-9,12-13H,5-7,10-11H2,1-4H3,(H,24,27). The molecule has 1 aliphatic carbocycles. The SMILES string of the molecule is CNC(=O)C(C)Sc1nc2sc3c(c2c(=O)n1CCc1ccc(OC)c(OC)c1)CCC3. The lowest BCUT2D eigenvalue weighted by Gasteiger charge is -2.16. The van der Waals surface area contributed by atoms with Crippen LogP contribution in [-0.2, 0) is 30.6 Å². The first-order valence-electron chi connectivity index (χ1n) is 10.6. The number of hydrogen-bond donors (Lipinski definition) is 1. The number of amides is 1. The fraction of sp³-hybridized carbons (Fsp3) is 0.435. The first-order chi connectivity index (χ1) is 15.5. The predicted molar refractivity (Wildman–Crippen MR) is 129 cm³/mol. The fourth-order valence-electron chi connectivity index (χ4n) is 4.04. The Labute approximate surface area is 195 Å². The van der Waals surface area contributed by atoms with Gasteiger partial charge in [-0.15, -0.1) is 11.3 Å². The second-order valence-electron chi connectivity index (χ2n) is 7.70. The molecule has 0 bridgehead atoms. The second kappa shape index (κ2) is 9.54. The summed E-state index contributed by atoms with van der Waals surface area (Å²) in [6, 6.07) is 5.77. The highest BCUT2D eigenvalue weighted by Crippen LogP contribution is 2.36. The van der Waals surface area contributed by atoms with Crippen LogP contribution in [0.1, 0.15) is 29.3 Å². The molecule has 0 radical (unpaired) electrons. The first kappa shape index (κ1) is 22.7. The molecule has 2 heterocycles. The van der Waals surface area contributed by atoms with Crippen molar-refractivity contribution >= 4 is 39.2 Å². The van der Waals surface area contributed by atoms with E-state index in [0.717, 1.165) is 35.0 Å². The molecule has 1 aliphatic rings. The molecule has 9 heteroatoms. The van der Waals surface area contributed by atoms with Crippen LogP contribution in [0.2, 0.25) is 0 Å². The Morgan fingerprint density at radius 2 is 2.06 bits per heavy atom. The van der Waals surface area contributed by atoms with Crippen molar-refractivity contribution in [2.45, 2.75) is 49.6 Å². The van der Waals surface area contributed by atoms with E-state index in [1.807, 2.05) is 25.1 Å². The van der Waals surface area contributed by atoms with E-state index in [9.17, 15) is 9.59 Å². The summed E-state index contributed by atoms with van der Waals surface area (Å²) in [5, 5.41) is 3.65. The van der Waals surface area contributed by atoms with E-state index in [-0.39, 0.29) is 16.7 Å². The fourth-order valence-corrected chi connectivity index (χ4v) is 6.33. The van der Waals surface area contributed by atoms with Crippen LogP contribution in [0.4, 0.5) is 0 Å². The Bertz CT molecular complexity index is 1220. The summed E-state index contributed by atoms with van der Waals surface area (Å²) in [6.07, 6.45) is 3.66. The molecule has 0 saturated carbocycles. The zero-order chi connectivity index (χ0) is 22.8. The van der Waals surface area contributed by atoms with E-state index < -0.39 is 0 Å². The Morgan fingerprint density at radius 1 is 1.28 bits per heavy atom. The minimum absolute atomic E-state index is 0.0125. The van der Waals surface area contributed by atoms with Gasteiger partial charge in [0.1, 0.15) is 4.83 Å². The molecule has 1 N–H and O–H groups in total. The van der Waals surface area contributed by atoms with Gasteiger partial charge in [-0.25, -0.2) is 4.98 Å². The van der Waals surface area contributed by atoms with Crippen LogP contribution in [0.25, 0.3) is 10.2 Å². The van der Waals surface area contributed by atoms with Crippen LogP contribution in [0.5, 0.6) is 11.5 Å². The number of carbonyl (C=O) groups excluding carboxylic acids is 1. The van der Waals surface area contributed by atoms with E-state index in [4.69, 9.17) is 14.5 Å². The van der Waals surface area contributed by atoms with Gasteiger partial charge in [-0.05, 0) is 55.9 Å². The van der Waals surface area contributed by atoms with Crippen LogP contribution >= 0.6 is 23.1 Å². The third-order valence-corrected chi connectivity index (χ3v) is 8.04. The number of nitrogens with one attached hydrogen (secondary N) is 1. The number of benzene rings is 1. The van der Waals surface area contributed by atoms with Crippen molar-refractivity contribution in [2.24, 2.45) is 0 Å². The van der Waals surface area contributed by atoms with Crippen molar-refractivity contribution in [1.29, 1.82) is 0 Å². The summed E-state index contributed by atoms with van der Waals surface area (Å²) in [6.45, 7) is 2.29. The lowest BCUT2D eigenvalue weighted by atomic mass is 10.1. The maximum atomic E-state index is 13.6. The number of thiophene rings is 1. The summed E-state index contributed by atoms with van der Waals surface area (Å²) in [7, 11) is 4.83. The molecule has 0 saturated heterocycles. The molecule has 32 heavy (non-hydrogen) atoms. The number of rotatable bonds is 8. The monoisotopic (exact) mass is 473 g/mol. The highest BCUT2D eigenvalue weighted by Gasteiger charge is 2.25. The maximum absolute atomic E-state index is 13.6. The van der Waals surface area contributed by atoms with E-state index in [0.29, 0.717) is 29.6 Å². The summed E-state index contributed by atoms with van der Waals surface area (Å²) in [5.41, 5.74) is 2.18. The maximum Gasteiger partial charge on any atom is 0.263 e. The summed E-state index contributed by atoms with van der Waals surface area (Å²) >= 11 is 2.94. The number of methoxy groups -OCH3 is 2.